The van der Waals surface area contributed by atoms with E-state index < -0.39 is 23.7 Å². The number of hydrogen-bond acceptors (Lipinski definition) is 8. The maximum atomic E-state index is 13.8. The lowest BCUT2D eigenvalue weighted by Gasteiger charge is -2.26. The Labute approximate surface area is 246 Å². The Kier molecular flexibility index (Phi) is 8.89. The van der Waals surface area contributed by atoms with E-state index in [1.807, 2.05) is 31.2 Å². The summed E-state index contributed by atoms with van der Waals surface area (Å²) >= 11 is 0. The lowest BCUT2D eigenvalue weighted by molar-refractivity contribution is -0.148. The van der Waals surface area contributed by atoms with Gasteiger partial charge >= 0.3 is 5.97 Å². The van der Waals surface area contributed by atoms with Crippen molar-refractivity contribution in [2.45, 2.75) is 76.5 Å². The molecule has 0 bridgehead atoms. The molecule has 2 aliphatic heterocycles. The molecule has 1 saturated heterocycles. The molecule has 5 rings (SSSR count). The smallest absolute Gasteiger partial charge is 0.332 e. The van der Waals surface area contributed by atoms with Crippen LogP contribution >= 0.6 is 0 Å². The van der Waals surface area contributed by atoms with Gasteiger partial charge in [-0.3, -0.25) is 9.59 Å². The van der Waals surface area contributed by atoms with Crippen molar-refractivity contribution in [1.82, 2.24) is 15.2 Å². The number of fused-ring (bicyclic) bond motifs is 3. The number of ether oxygens (including phenoxy) is 4. The molecule has 2 aromatic rings. The van der Waals surface area contributed by atoms with Gasteiger partial charge in [0.05, 0.1) is 32.9 Å². The highest BCUT2D eigenvalue weighted by atomic mass is 16.5. The second-order valence-electron chi connectivity index (χ2n) is 11.6. The molecule has 1 saturated carbocycles. The maximum absolute atomic E-state index is 13.8. The number of nitrogens with one attached hydrogen (secondary N) is 1. The van der Waals surface area contributed by atoms with Gasteiger partial charge in [0.15, 0.2) is 0 Å². The Bertz CT molecular complexity index is 1360. The fourth-order valence-corrected chi connectivity index (χ4v) is 6.15. The molecule has 10 nitrogen and oxygen atoms in total. The maximum Gasteiger partial charge on any atom is 0.332 e. The topological polar surface area (TPSA) is 116 Å². The van der Waals surface area contributed by atoms with Crippen LogP contribution in [-0.4, -0.2) is 72.7 Å². The van der Waals surface area contributed by atoms with Crippen LogP contribution in [0.15, 0.2) is 36.4 Å². The summed E-state index contributed by atoms with van der Waals surface area (Å²) in [5.41, 5.74) is -0.451. The van der Waals surface area contributed by atoms with Crippen molar-refractivity contribution in [2.75, 3.05) is 27.4 Å². The number of pyridine rings is 1. The number of esters is 1. The zero-order chi connectivity index (χ0) is 29.9. The first-order chi connectivity index (χ1) is 20.3. The van der Waals surface area contributed by atoms with E-state index in [4.69, 9.17) is 18.9 Å². The van der Waals surface area contributed by atoms with Gasteiger partial charge in [-0.15, -0.1) is 0 Å². The first-order valence-electron chi connectivity index (χ1n) is 14.9. The Morgan fingerprint density at radius 2 is 2.02 bits per heavy atom. The number of carbonyl (C=O) groups is 3. The summed E-state index contributed by atoms with van der Waals surface area (Å²) in [6, 6.07) is 6.50. The van der Waals surface area contributed by atoms with E-state index in [9.17, 15) is 14.4 Å². The lowest BCUT2D eigenvalue weighted by atomic mass is 9.98. The van der Waals surface area contributed by atoms with Crippen LogP contribution in [0.1, 0.15) is 58.8 Å². The van der Waals surface area contributed by atoms with Crippen molar-refractivity contribution in [2.24, 2.45) is 11.8 Å². The van der Waals surface area contributed by atoms with Gasteiger partial charge in [0.1, 0.15) is 29.2 Å². The van der Waals surface area contributed by atoms with E-state index in [0.29, 0.717) is 48.3 Å². The minimum atomic E-state index is -1.10. The van der Waals surface area contributed by atoms with Gasteiger partial charge in [-0.25, -0.2) is 9.78 Å². The molecular weight excluding hydrogens is 538 g/mol. The third-order valence-corrected chi connectivity index (χ3v) is 8.62. The number of benzene rings is 1. The summed E-state index contributed by atoms with van der Waals surface area (Å²) < 4.78 is 22.7. The van der Waals surface area contributed by atoms with E-state index in [-0.39, 0.29) is 30.7 Å². The van der Waals surface area contributed by atoms with Gasteiger partial charge in [0, 0.05) is 36.3 Å². The summed E-state index contributed by atoms with van der Waals surface area (Å²) in [6.07, 6.45) is 8.38. The van der Waals surface area contributed by atoms with Crippen molar-refractivity contribution in [1.29, 1.82) is 0 Å². The van der Waals surface area contributed by atoms with E-state index in [0.717, 1.165) is 31.1 Å². The minimum Gasteiger partial charge on any atom is -0.497 e. The van der Waals surface area contributed by atoms with Crippen molar-refractivity contribution < 1.29 is 33.3 Å². The molecule has 1 aromatic carbocycles. The molecular formula is C32H41N3O7. The number of nitrogens with zero attached hydrogens (tertiary/aromatic N) is 2. The first-order valence-corrected chi connectivity index (χ1v) is 14.9. The summed E-state index contributed by atoms with van der Waals surface area (Å²) in [5.74, 6) is 1.05. The number of amides is 2. The normalized spacial score (nSPS) is 28.9. The van der Waals surface area contributed by atoms with Crippen LogP contribution in [0.2, 0.25) is 0 Å². The van der Waals surface area contributed by atoms with Crippen molar-refractivity contribution >= 4 is 28.7 Å². The van der Waals surface area contributed by atoms with Gasteiger partial charge in [0.2, 0.25) is 17.7 Å². The van der Waals surface area contributed by atoms with Gasteiger partial charge in [0.25, 0.3) is 0 Å². The van der Waals surface area contributed by atoms with Gasteiger partial charge in [-0.2, -0.15) is 0 Å². The van der Waals surface area contributed by atoms with Crippen LogP contribution in [0.5, 0.6) is 17.4 Å². The van der Waals surface area contributed by atoms with Crippen LogP contribution < -0.4 is 19.5 Å². The molecule has 42 heavy (non-hydrogen) atoms. The number of allylic oxidation sites excluding steroid dienone is 1. The Hall–Kier alpha value is -3.82. The lowest BCUT2D eigenvalue weighted by Crippen LogP contribution is -2.53. The molecule has 3 heterocycles. The fourth-order valence-electron chi connectivity index (χ4n) is 6.15. The largest absolute Gasteiger partial charge is 0.497 e. The highest BCUT2D eigenvalue weighted by Crippen LogP contribution is 2.46. The molecule has 1 aliphatic carbocycles. The van der Waals surface area contributed by atoms with E-state index in [2.05, 4.69) is 23.3 Å². The summed E-state index contributed by atoms with van der Waals surface area (Å²) in [7, 11) is 2.93. The third kappa shape index (κ3) is 6.17. The Morgan fingerprint density at radius 3 is 2.79 bits per heavy atom. The summed E-state index contributed by atoms with van der Waals surface area (Å²) in [5, 5.41) is 3.75. The number of rotatable bonds is 6. The highest BCUT2D eigenvalue weighted by molar-refractivity contribution is 5.95. The van der Waals surface area contributed by atoms with Crippen LogP contribution in [0.25, 0.3) is 10.9 Å². The molecule has 1 aromatic heterocycles. The monoisotopic (exact) mass is 579 g/mol. The van der Waals surface area contributed by atoms with Crippen molar-refractivity contribution in [3.05, 3.63) is 36.4 Å². The van der Waals surface area contributed by atoms with E-state index in [1.165, 1.54) is 7.11 Å². The minimum absolute atomic E-state index is 0.0831. The van der Waals surface area contributed by atoms with E-state index in [1.54, 1.807) is 18.1 Å². The zero-order valence-electron chi connectivity index (χ0n) is 24.9. The number of methoxy groups -OCH3 is 2. The van der Waals surface area contributed by atoms with Gasteiger partial charge < -0.3 is 29.2 Å². The fraction of sp³-hybridized carbons (Fsp3) is 0.562. The Balaban J connectivity index is 1.42. The molecule has 10 heteroatoms. The SMILES string of the molecule is CCOc1cc(O[C@@H]2C[C@H]3C(=O)N[C@]4(C(=O)OC)CC4/C=C\CC[C@H](C)CCCC(=O)N3C2)c2ccc(OC)cc2n1. The predicted molar refractivity (Wildman–Crippen MR) is 156 cm³/mol. The molecule has 0 radical (unpaired) electrons. The average molecular weight is 580 g/mol. The number of aromatic nitrogens is 1. The quantitative estimate of drug-likeness (QED) is 0.400. The summed E-state index contributed by atoms with van der Waals surface area (Å²) in [6.45, 7) is 4.77. The molecule has 2 amide bonds. The number of hydrogen-bond donors (Lipinski definition) is 1. The van der Waals surface area contributed by atoms with E-state index >= 15 is 0 Å². The molecule has 0 spiro atoms. The van der Waals surface area contributed by atoms with Crippen molar-refractivity contribution in [3.8, 4) is 17.4 Å². The van der Waals surface area contributed by atoms with Gasteiger partial charge in [-0.05, 0) is 50.7 Å². The first kappa shape index (κ1) is 29.7. The molecule has 5 atom stereocenters. The standard InChI is InChI=1S/C32H41N3O7/c1-5-41-28-17-27(24-14-13-22(39-3)15-25(24)33-28)42-23-16-26-30(37)34-32(31(38)40-4)18-21(32)11-7-6-9-20(2)10-8-12-29(36)35(26)19-23/h7,11,13-15,17,20-21,23,26H,5-6,8-10,12,16,18-19H2,1-4H3,(H,34,37)/b11-7-/t20-,21?,23+,26-,32+/m0/s1. The summed E-state index contributed by atoms with van der Waals surface area (Å²) in [4.78, 5) is 46.3. The second kappa shape index (κ2) is 12.6. The van der Waals surface area contributed by atoms with Gasteiger partial charge in [-0.1, -0.05) is 25.5 Å². The highest BCUT2D eigenvalue weighted by Gasteiger charge is 2.62. The predicted octanol–water partition coefficient (Wildman–Crippen LogP) is 4.19. The van der Waals surface area contributed by atoms with Crippen LogP contribution in [-0.2, 0) is 19.1 Å². The Morgan fingerprint density at radius 1 is 1.19 bits per heavy atom. The van der Waals surface area contributed by atoms with Crippen LogP contribution in [0, 0.1) is 11.8 Å². The third-order valence-electron chi connectivity index (χ3n) is 8.62. The van der Waals surface area contributed by atoms with Crippen molar-refractivity contribution in [3.63, 3.8) is 0 Å². The zero-order valence-corrected chi connectivity index (χ0v) is 24.9. The molecule has 226 valence electrons. The second-order valence-corrected chi connectivity index (χ2v) is 11.6. The van der Waals surface area contributed by atoms with Crippen LogP contribution in [0.4, 0.5) is 0 Å². The average Bonchev–Trinajstić information content (AvgIpc) is 3.50. The molecule has 1 N–H and O–H groups in total. The molecule has 3 aliphatic rings. The molecule has 1 unspecified atom stereocenters. The van der Waals surface area contributed by atoms with Crippen LogP contribution in [0.3, 0.4) is 0 Å². The number of carbonyl (C=O) groups excluding carboxylic acids is 3. The molecule has 2 fully saturated rings.